The zero-order chi connectivity index (χ0) is 42.4. The molecule has 12 aromatic rings. The molecule has 0 spiro atoms. The van der Waals surface area contributed by atoms with E-state index in [1.54, 1.807) is 0 Å². The summed E-state index contributed by atoms with van der Waals surface area (Å²) in [5.74, 6) is 0. The highest BCUT2D eigenvalue weighted by Crippen LogP contribution is 2.43. The molecule has 1 aromatic heterocycles. The highest BCUT2D eigenvalue weighted by molar-refractivity contribution is 6.14. The third-order valence-corrected chi connectivity index (χ3v) is 12.7. The lowest BCUT2D eigenvalue weighted by Gasteiger charge is -2.27. The molecule has 2 heteroatoms. The third kappa shape index (κ3) is 6.61. The van der Waals surface area contributed by atoms with Gasteiger partial charge in [-0.2, -0.15) is 0 Å². The first-order chi connectivity index (χ1) is 31.7. The molecule has 0 aliphatic carbocycles. The van der Waals surface area contributed by atoms with Crippen LogP contribution >= 0.6 is 0 Å². The van der Waals surface area contributed by atoms with Crippen LogP contribution < -0.4 is 4.90 Å². The van der Waals surface area contributed by atoms with Crippen molar-refractivity contribution in [2.45, 2.75) is 0 Å². The molecule has 2 nitrogen and oxygen atoms in total. The Morgan fingerprint density at radius 3 is 1.45 bits per heavy atom. The summed E-state index contributed by atoms with van der Waals surface area (Å²) in [6.45, 7) is 0. The lowest BCUT2D eigenvalue weighted by atomic mass is 9.93. The summed E-state index contributed by atoms with van der Waals surface area (Å²) in [6.07, 6.45) is 0. The van der Waals surface area contributed by atoms with Crippen molar-refractivity contribution < 1.29 is 4.42 Å². The monoisotopic (exact) mass is 815 g/mol. The molecule has 0 fully saturated rings. The third-order valence-electron chi connectivity index (χ3n) is 12.7. The molecular formula is C62H41NO. The van der Waals surface area contributed by atoms with E-state index in [-0.39, 0.29) is 0 Å². The van der Waals surface area contributed by atoms with Gasteiger partial charge in [-0.3, -0.25) is 0 Å². The molecule has 300 valence electrons. The van der Waals surface area contributed by atoms with Crippen molar-refractivity contribution in [3.05, 3.63) is 249 Å². The van der Waals surface area contributed by atoms with Crippen LogP contribution in [0, 0.1) is 0 Å². The molecule has 0 saturated heterocycles. The lowest BCUT2D eigenvalue weighted by Crippen LogP contribution is -2.10. The Balaban J connectivity index is 0.975. The molecule has 0 N–H and O–H groups in total. The Hall–Kier alpha value is -8.46. The number of para-hydroxylation sites is 1. The van der Waals surface area contributed by atoms with Crippen LogP contribution in [0.4, 0.5) is 17.1 Å². The van der Waals surface area contributed by atoms with E-state index in [2.05, 4.69) is 248 Å². The summed E-state index contributed by atoms with van der Waals surface area (Å²) in [7, 11) is 0. The van der Waals surface area contributed by atoms with Gasteiger partial charge in [-0.15, -0.1) is 0 Å². The number of nitrogens with zero attached hydrogens (tertiary/aromatic N) is 1. The van der Waals surface area contributed by atoms with Gasteiger partial charge >= 0.3 is 0 Å². The van der Waals surface area contributed by atoms with Gasteiger partial charge in [-0.25, -0.2) is 0 Å². The van der Waals surface area contributed by atoms with E-state index < -0.39 is 0 Å². The summed E-state index contributed by atoms with van der Waals surface area (Å²) in [6, 6.07) is 89.6. The average molecular weight is 816 g/mol. The van der Waals surface area contributed by atoms with Gasteiger partial charge in [0.2, 0.25) is 0 Å². The summed E-state index contributed by atoms with van der Waals surface area (Å²) < 4.78 is 6.53. The minimum atomic E-state index is 0.887. The van der Waals surface area contributed by atoms with E-state index in [0.29, 0.717) is 0 Å². The Kier molecular flexibility index (Phi) is 9.20. The summed E-state index contributed by atoms with van der Waals surface area (Å²) in [5.41, 5.74) is 16.7. The van der Waals surface area contributed by atoms with Crippen LogP contribution in [0.2, 0.25) is 0 Å². The molecule has 0 aliphatic heterocycles. The zero-order valence-corrected chi connectivity index (χ0v) is 35.0. The maximum atomic E-state index is 6.53. The molecule has 0 saturated carbocycles. The maximum absolute atomic E-state index is 6.53. The van der Waals surface area contributed by atoms with E-state index in [4.69, 9.17) is 4.42 Å². The second kappa shape index (κ2) is 15.8. The van der Waals surface area contributed by atoms with Gasteiger partial charge < -0.3 is 9.32 Å². The summed E-state index contributed by atoms with van der Waals surface area (Å²) in [5, 5.41) is 7.27. The van der Waals surface area contributed by atoms with Gasteiger partial charge in [0, 0.05) is 33.4 Å². The molecule has 0 atom stereocenters. The molecule has 11 aromatic carbocycles. The number of hydrogen-bond acceptors (Lipinski definition) is 2. The first-order valence-electron chi connectivity index (χ1n) is 21.9. The van der Waals surface area contributed by atoms with Gasteiger partial charge in [0.1, 0.15) is 11.2 Å². The Labute approximate surface area is 372 Å². The summed E-state index contributed by atoms with van der Waals surface area (Å²) in [4.78, 5) is 2.38. The van der Waals surface area contributed by atoms with Crippen molar-refractivity contribution in [3.63, 3.8) is 0 Å². The van der Waals surface area contributed by atoms with Crippen molar-refractivity contribution >= 4 is 60.5 Å². The number of fused-ring (bicyclic) bond motifs is 6. The van der Waals surface area contributed by atoms with E-state index in [1.807, 2.05) is 6.07 Å². The van der Waals surface area contributed by atoms with Crippen molar-refractivity contribution in [1.29, 1.82) is 0 Å². The molecule has 1 heterocycles. The second-order valence-corrected chi connectivity index (χ2v) is 16.4. The number of hydrogen-bond donors (Lipinski definition) is 0. The van der Waals surface area contributed by atoms with E-state index in [0.717, 1.165) is 61.3 Å². The maximum Gasteiger partial charge on any atom is 0.143 e. The van der Waals surface area contributed by atoms with E-state index in [9.17, 15) is 0 Å². The van der Waals surface area contributed by atoms with Gasteiger partial charge in [0.25, 0.3) is 0 Å². The van der Waals surface area contributed by atoms with Crippen LogP contribution in [-0.2, 0) is 0 Å². The predicted octanol–water partition coefficient (Wildman–Crippen LogP) is 17.7. The molecule has 12 rings (SSSR count). The summed E-state index contributed by atoms with van der Waals surface area (Å²) >= 11 is 0. The molecule has 64 heavy (non-hydrogen) atoms. The Morgan fingerprint density at radius 1 is 0.250 bits per heavy atom. The standard InChI is InChI=1S/C62H41NO/c1-4-15-43(16-5-1)53-37-36-51(41-59(53)45-19-8-3-9-20-45)63(50-34-29-46(30-35-50)58-40-48-21-10-11-22-52(48)55-23-12-13-24-56(55)58)49-32-27-42(28-33-49)47-31-38-61-60(39-47)57-26-14-25-54(62(57)64-61)44-17-6-2-7-18-44/h1-41H. The molecule has 0 bridgehead atoms. The first-order valence-corrected chi connectivity index (χ1v) is 21.9. The largest absolute Gasteiger partial charge is 0.455 e. The molecule has 0 aliphatic rings. The van der Waals surface area contributed by atoms with Crippen LogP contribution in [0.1, 0.15) is 0 Å². The van der Waals surface area contributed by atoms with Gasteiger partial charge in [-0.05, 0) is 126 Å². The second-order valence-electron chi connectivity index (χ2n) is 16.4. The molecule has 0 unspecified atom stereocenters. The number of rotatable bonds is 8. The van der Waals surface area contributed by atoms with Crippen molar-refractivity contribution in [1.82, 2.24) is 0 Å². The fraction of sp³-hybridized carbons (Fsp3) is 0. The van der Waals surface area contributed by atoms with Crippen LogP contribution in [0.3, 0.4) is 0 Å². The van der Waals surface area contributed by atoms with Crippen molar-refractivity contribution in [3.8, 4) is 55.6 Å². The lowest BCUT2D eigenvalue weighted by molar-refractivity contribution is 0.670. The number of furan rings is 1. The fourth-order valence-electron chi connectivity index (χ4n) is 9.55. The number of anilines is 3. The fourth-order valence-corrected chi connectivity index (χ4v) is 9.55. The average Bonchev–Trinajstić information content (AvgIpc) is 3.76. The molecule has 0 radical (unpaired) electrons. The van der Waals surface area contributed by atoms with Crippen LogP contribution in [0.15, 0.2) is 253 Å². The minimum Gasteiger partial charge on any atom is -0.455 e. The van der Waals surface area contributed by atoms with Crippen LogP contribution in [0.25, 0.3) is 99.1 Å². The van der Waals surface area contributed by atoms with E-state index in [1.165, 1.54) is 54.9 Å². The van der Waals surface area contributed by atoms with Crippen molar-refractivity contribution in [2.24, 2.45) is 0 Å². The Bertz CT molecular complexity index is 3630. The first kappa shape index (κ1) is 37.3. The topological polar surface area (TPSA) is 16.4 Å². The van der Waals surface area contributed by atoms with E-state index >= 15 is 0 Å². The van der Waals surface area contributed by atoms with Crippen molar-refractivity contribution in [2.75, 3.05) is 4.90 Å². The van der Waals surface area contributed by atoms with Gasteiger partial charge in [-0.1, -0.05) is 194 Å². The highest BCUT2D eigenvalue weighted by Gasteiger charge is 2.19. The highest BCUT2D eigenvalue weighted by atomic mass is 16.3. The number of benzene rings is 11. The molecule has 0 amide bonds. The van der Waals surface area contributed by atoms with Gasteiger partial charge in [0.15, 0.2) is 0 Å². The quantitative estimate of drug-likeness (QED) is 0.142. The minimum absolute atomic E-state index is 0.887. The normalized spacial score (nSPS) is 11.4. The van der Waals surface area contributed by atoms with Gasteiger partial charge in [0.05, 0.1) is 0 Å². The predicted molar refractivity (Wildman–Crippen MR) is 271 cm³/mol. The SMILES string of the molecule is c1ccc(-c2ccc(N(c3ccc(-c4ccc5oc6c(-c7ccccc7)cccc6c5c4)cc3)c3ccc(-c4cc5ccccc5c5ccccc45)cc3)cc2-c2ccccc2)cc1. The van der Waals surface area contributed by atoms with Crippen LogP contribution in [-0.4, -0.2) is 0 Å². The zero-order valence-electron chi connectivity index (χ0n) is 35.0. The smallest absolute Gasteiger partial charge is 0.143 e. The Morgan fingerprint density at radius 2 is 0.766 bits per heavy atom. The van der Waals surface area contributed by atoms with Crippen LogP contribution in [0.5, 0.6) is 0 Å². The molecular weight excluding hydrogens is 775 g/mol.